The van der Waals surface area contributed by atoms with Crippen LogP contribution < -0.4 is 0 Å². The quantitative estimate of drug-likeness (QED) is 0.559. The van der Waals surface area contributed by atoms with Gasteiger partial charge in [0.25, 0.3) is 0 Å². The van der Waals surface area contributed by atoms with Crippen molar-refractivity contribution in [2.75, 3.05) is 0 Å². The summed E-state index contributed by atoms with van der Waals surface area (Å²) in [7, 11) is 0. The van der Waals surface area contributed by atoms with Gasteiger partial charge in [-0.1, -0.05) is 0 Å². The van der Waals surface area contributed by atoms with Crippen molar-refractivity contribution in [2.24, 2.45) is 0 Å². The Morgan fingerprint density at radius 1 is 0.909 bits per heavy atom. The van der Waals surface area contributed by atoms with Gasteiger partial charge in [-0.2, -0.15) is 0 Å². The van der Waals surface area contributed by atoms with E-state index < -0.39 is 0 Å². The molecule has 0 saturated heterocycles. The number of nitrogens with zero attached hydrogens (tertiary/aromatic N) is 4. The maximum atomic E-state index is 4.65. The van der Waals surface area contributed by atoms with Gasteiger partial charge in [-0.3, -0.25) is 9.97 Å². The highest BCUT2D eigenvalue weighted by molar-refractivity contribution is 7.21. The molecule has 4 rings (SSSR count). The van der Waals surface area contributed by atoms with E-state index in [1.165, 1.54) is 0 Å². The molecule has 22 heavy (non-hydrogen) atoms. The average Bonchev–Trinajstić information content (AvgIpc) is 2.99. The Morgan fingerprint density at radius 3 is 2.64 bits per heavy atom. The van der Waals surface area contributed by atoms with Gasteiger partial charge in [-0.25, -0.2) is 9.97 Å². The molecule has 0 bridgehead atoms. The minimum absolute atomic E-state index is 0.766. The Bertz CT molecular complexity index is 930. The maximum absolute atomic E-state index is 4.65. The lowest BCUT2D eigenvalue weighted by Crippen LogP contribution is -1.85. The van der Waals surface area contributed by atoms with E-state index in [1.54, 1.807) is 17.5 Å². The number of hydrogen-bond acceptors (Lipinski definition) is 5. The first-order chi connectivity index (χ1) is 10.8. The lowest BCUT2D eigenvalue weighted by Gasteiger charge is -1.98. The summed E-state index contributed by atoms with van der Waals surface area (Å²) >= 11 is 1.63. The molecule has 0 radical (unpaired) electrons. The topological polar surface area (TPSA) is 51.6 Å². The molecule has 0 spiro atoms. The lowest BCUT2D eigenvalue weighted by atomic mass is 10.2. The SMILES string of the molecule is Cc1ccc(-c2nc3nc(-c4cccnc4)ccc3s2)cn1. The van der Waals surface area contributed by atoms with Crippen LogP contribution in [0.15, 0.2) is 55.0 Å². The van der Waals surface area contributed by atoms with Gasteiger partial charge in [-0.05, 0) is 43.3 Å². The fraction of sp³-hybridized carbons (Fsp3) is 0.0588. The molecule has 106 valence electrons. The van der Waals surface area contributed by atoms with Gasteiger partial charge in [0, 0.05) is 35.4 Å². The van der Waals surface area contributed by atoms with Crippen LogP contribution in [-0.4, -0.2) is 19.9 Å². The van der Waals surface area contributed by atoms with E-state index in [4.69, 9.17) is 0 Å². The summed E-state index contributed by atoms with van der Waals surface area (Å²) in [5, 5.41) is 0.943. The first kappa shape index (κ1) is 13.0. The van der Waals surface area contributed by atoms with Crippen LogP contribution in [0.3, 0.4) is 0 Å². The zero-order chi connectivity index (χ0) is 14.9. The fourth-order valence-electron chi connectivity index (χ4n) is 2.21. The van der Waals surface area contributed by atoms with Crippen LogP contribution in [0, 0.1) is 6.92 Å². The molecule has 5 heteroatoms. The molecular formula is C17H12N4S. The Kier molecular flexibility index (Phi) is 3.12. The molecule has 4 heterocycles. The van der Waals surface area contributed by atoms with Crippen LogP contribution in [0.4, 0.5) is 0 Å². The number of rotatable bonds is 2. The van der Waals surface area contributed by atoms with Crippen LogP contribution in [0.2, 0.25) is 0 Å². The second kappa shape index (κ2) is 5.27. The van der Waals surface area contributed by atoms with E-state index in [0.29, 0.717) is 0 Å². The van der Waals surface area contributed by atoms with E-state index in [2.05, 4.69) is 26.0 Å². The second-order valence-corrected chi connectivity index (χ2v) is 6.00. The van der Waals surface area contributed by atoms with Crippen LogP contribution in [0.25, 0.3) is 32.2 Å². The summed E-state index contributed by atoms with van der Waals surface area (Å²) in [6.07, 6.45) is 5.42. The standard InChI is InChI=1S/C17H12N4S/c1-11-4-5-13(10-19-11)17-21-16-15(22-17)7-6-14(20-16)12-3-2-8-18-9-12/h2-10H,1H3. The number of aryl methyl sites for hydroxylation is 1. The van der Waals surface area contributed by atoms with Crippen LogP contribution in [-0.2, 0) is 0 Å². The van der Waals surface area contributed by atoms with E-state index >= 15 is 0 Å². The number of thiazole rings is 1. The summed E-state index contributed by atoms with van der Waals surface area (Å²) < 4.78 is 1.07. The average molecular weight is 304 g/mol. The molecule has 0 atom stereocenters. The first-order valence-electron chi connectivity index (χ1n) is 6.90. The van der Waals surface area contributed by atoms with E-state index in [1.807, 2.05) is 49.6 Å². The van der Waals surface area contributed by atoms with Crippen molar-refractivity contribution in [3.05, 3.63) is 60.7 Å². The molecule has 0 aliphatic carbocycles. The smallest absolute Gasteiger partial charge is 0.171 e. The minimum Gasteiger partial charge on any atom is -0.264 e. The summed E-state index contributed by atoms with van der Waals surface area (Å²) in [4.78, 5) is 17.8. The normalized spacial score (nSPS) is 11.0. The van der Waals surface area contributed by atoms with Gasteiger partial charge < -0.3 is 0 Å². The van der Waals surface area contributed by atoms with Crippen molar-refractivity contribution >= 4 is 21.7 Å². The second-order valence-electron chi connectivity index (χ2n) is 4.97. The molecule has 0 aromatic carbocycles. The Morgan fingerprint density at radius 2 is 1.86 bits per heavy atom. The molecule has 0 aliphatic heterocycles. The van der Waals surface area contributed by atoms with Gasteiger partial charge in [0.2, 0.25) is 0 Å². The highest BCUT2D eigenvalue weighted by Gasteiger charge is 2.09. The molecule has 0 N–H and O–H groups in total. The highest BCUT2D eigenvalue weighted by atomic mass is 32.1. The third-order valence-electron chi connectivity index (χ3n) is 3.37. The number of hydrogen-bond donors (Lipinski definition) is 0. The number of pyridine rings is 3. The Labute approximate surface area is 131 Å². The van der Waals surface area contributed by atoms with E-state index in [0.717, 1.165) is 37.9 Å². The maximum Gasteiger partial charge on any atom is 0.171 e. The van der Waals surface area contributed by atoms with Gasteiger partial charge in [0.05, 0.1) is 10.4 Å². The van der Waals surface area contributed by atoms with Crippen molar-refractivity contribution in [3.63, 3.8) is 0 Å². The summed E-state index contributed by atoms with van der Waals surface area (Å²) in [5.41, 5.74) is 4.68. The van der Waals surface area contributed by atoms with Gasteiger partial charge in [0.15, 0.2) is 5.65 Å². The monoisotopic (exact) mass is 304 g/mol. The largest absolute Gasteiger partial charge is 0.264 e. The van der Waals surface area contributed by atoms with E-state index in [9.17, 15) is 0 Å². The predicted molar refractivity (Wildman–Crippen MR) is 88.6 cm³/mol. The highest BCUT2D eigenvalue weighted by Crippen LogP contribution is 2.30. The molecular weight excluding hydrogens is 292 g/mol. The molecule has 4 nitrogen and oxygen atoms in total. The van der Waals surface area contributed by atoms with Crippen molar-refractivity contribution in [1.29, 1.82) is 0 Å². The summed E-state index contributed by atoms with van der Waals surface area (Å²) in [6, 6.07) is 12.0. The Hall–Kier alpha value is -2.66. The lowest BCUT2D eigenvalue weighted by molar-refractivity contribution is 1.20. The fourth-order valence-corrected chi connectivity index (χ4v) is 3.11. The van der Waals surface area contributed by atoms with Crippen LogP contribution in [0.1, 0.15) is 5.69 Å². The predicted octanol–water partition coefficient (Wildman–Crippen LogP) is 4.12. The first-order valence-corrected chi connectivity index (χ1v) is 7.72. The van der Waals surface area contributed by atoms with Crippen molar-refractivity contribution < 1.29 is 0 Å². The molecule has 0 amide bonds. The summed E-state index contributed by atoms with van der Waals surface area (Å²) in [6.45, 7) is 1.98. The van der Waals surface area contributed by atoms with Crippen molar-refractivity contribution in [1.82, 2.24) is 19.9 Å². The zero-order valence-electron chi connectivity index (χ0n) is 11.9. The molecule has 0 aliphatic rings. The number of aromatic nitrogens is 4. The Balaban J connectivity index is 1.80. The molecule has 0 saturated carbocycles. The van der Waals surface area contributed by atoms with Crippen molar-refractivity contribution in [3.8, 4) is 21.8 Å². The molecule has 0 unspecified atom stereocenters. The van der Waals surface area contributed by atoms with Crippen molar-refractivity contribution in [2.45, 2.75) is 6.92 Å². The number of fused-ring (bicyclic) bond motifs is 1. The van der Waals surface area contributed by atoms with Gasteiger partial charge >= 0.3 is 0 Å². The van der Waals surface area contributed by atoms with Crippen LogP contribution in [0.5, 0.6) is 0 Å². The zero-order valence-corrected chi connectivity index (χ0v) is 12.7. The molecule has 4 aromatic heterocycles. The third kappa shape index (κ3) is 2.35. The van der Waals surface area contributed by atoms with Gasteiger partial charge in [0.1, 0.15) is 5.01 Å². The van der Waals surface area contributed by atoms with Gasteiger partial charge in [-0.15, -0.1) is 11.3 Å². The summed E-state index contributed by atoms with van der Waals surface area (Å²) in [5.74, 6) is 0. The van der Waals surface area contributed by atoms with Crippen LogP contribution >= 0.6 is 11.3 Å². The minimum atomic E-state index is 0.766. The third-order valence-corrected chi connectivity index (χ3v) is 4.43. The molecule has 4 aromatic rings. The van der Waals surface area contributed by atoms with E-state index in [-0.39, 0.29) is 0 Å². The molecule has 0 fully saturated rings.